The number of aromatic nitrogens is 2. The molecule has 0 unspecified atom stereocenters. The van der Waals surface area contributed by atoms with Gasteiger partial charge in [0.2, 0.25) is 5.91 Å². The third-order valence-electron chi connectivity index (χ3n) is 5.48. The van der Waals surface area contributed by atoms with Gasteiger partial charge in [0, 0.05) is 30.8 Å². The van der Waals surface area contributed by atoms with Gasteiger partial charge in [-0.25, -0.2) is 4.98 Å². The third-order valence-corrected chi connectivity index (χ3v) is 5.48. The maximum absolute atomic E-state index is 12.6. The Labute approximate surface area is 162 Å². The van der Waals surface area contributed by atoms with Gasteiger partial charge >= 0.3 is 0 Å². The van der Waals surface area contributed by atoms with Crippen LogP contribution in [0.2, 0.25) is 0 Å². The molecule has 6 heteroatoms. The minimum atomic E-state index is -0.631. The van der Waals surface area contributed by atoms with Crippen molar-refractivity contribution in [2.24, 2.45) is 0 Å². The molecule has 1 aliphatic rings. The van der Waals surface area contributed by atoms with Crippen LogP contribution in [0, 0.1) is 6.92 Å². The Balaban J connectivity index is 1.45. The number of hydrogen-bond acceptors (Lipinski definition) is 4. The highest BCUT2D eigenvalue weighted by Gasteiger charge is 2.31. The van der Waals surface area contributed by atoms with Crippen LogP contribution in [0.3, 0.4) is 0 Å². The molecule has 2 N–H and O–H groups in total. The average molecular weight is 377 g/mol. The predicted molar refractivity (Wildman–Crippen MR) is 107 cm³/mol. The van der Waals surface area contributed by atoms with Crippen LogP contribution in [0.1, 0.15) is 29.3 Å². The molecule has 144 valence electrons. The molecule has 0 saturated carbocycles. The van der Waals surface area contributed by atoms with Crippen molar-refractivity contribution in [1.82, 2.24) is 14.9 Å². The number of amides is 1. The van der Waals surface area contributed by atoms with Crippen molar-refractivity contribution < 1.29 is 9.90 Å². The molecule has 6 nitrogen and oxygen atoms in total. The fraction of sp³-hybridized carbons (Fsp3) is 0.318. The SMILES string of the molecule is Cc1ncc(CC(=O)N2CC[C@@H](c3ccc4ccccc4c3)[C@H](O)C2)c(=O)[nH]1. The number of piperidine rings is 1. The Morgan fingerprint density at radius 3 is 2.79 bits per heavy atom. The highest BCUT2D eigenvalue weighted by atomic mass is 16.3. The molecule has 1 fully saturated rings. The van der Waals surface area contributed by atoms with E-state index in [2.05, 4.69) is 40.3 Å². The number of likely N-dealkylation sites (tertiary alicyclic amines) is 1. The highest BCUT2D eigenvalue weighted by molar-refractivity contribution is 5.83. The molecule has 0 radical (unpaired) electrons. The number of nitrogens with zero attached hydrogens (tertiary/aromatic N) is 2. The zero-order valence-electron chi connectivity index (χ0n) is 15.8. The first kappa shape index (κ1) is 18.4. The minimum Gasteiger partial charge on any atom is -0.391 e. The van der Waals surface area contributed by atoms with Gasteiger partial charge in [-0.3, -0.25) is 9.59 Å². The van der Waals surface area contributed by atoms with E-state index in [0.717, 1.165) is 10.9 Å². The molecule has 0 spiro atoms. The summed E-state index contributed by atoms with van der Waals surface area (Å²) in [5.74, 6) is 0.359. The fourth-order valence-electron chi connectivity index (χ4n) is 3.90. The standard InChI is InChI=1S/C22H23N3O3/c1-14-23-12-18(22(28)24-14)11-21(27)25-9-8-19(20(26)13-25)17-7-6-15-4-2-3-5-16(15)10-17/h2-7,10,12,19-20,26H,8-9,11,13H2,1H3,(H,23,24,28)/t19-,20+/m0/s1. The predicted octanol–water partition coefficient (Wildman–Crippen LogP) is 2.15. The van der Waals surface area contributed by atoms with Crippen LogP contribution >= 0.6 is 0 Å². The largest absolute Gasteiger partial charge is 0.391 e. The summed E-state index contributed by atoms with van der Waals surface area (Å²) in [5, 5.41) is 13.0. The molecule has 1 amide bonds. The van der Waals surface area contributed by atoms with E-state index in [-0.39, 0.29) is 30.3 Å². The quantitative estimate of drug-likeness (QED) is 0.732. The number of carbonyl (C=O) groups excluding carboxylic acids is 1. The van der Waals surface area contributed by atoms with E-state index < -0.39 is 6.10 Å². The molecular weight excluding hydrogens is 354 g/mol. The summed E-state index contributed by atoms with van der Waals surface area (Å²) in [6.45, 7) is 2.53. The zero-order valence-corrected chi connectivity index (χ0v) is 15.8. The van der Waals surface area contributed by atoms with Crippen LogP contribution in [0.4, 0.5) is 0 Å². The molecule has 0 bridgehead atoms. The summed E-state index contributed by atoms with van der Waals surface area (Å²) >= 11 is 0. The summed E-state index contributed by atoms with van der Waals surface area (Å²) in [6, 6.07) is 14.4. The van der Waals surface area contributed by atoms with E-state index in [1.54, 1.807) is 11.8 Å². The Morgan fingerprint density at radius 2 is 2.04 bits per heavy atom. The summed E-state index contributed by atoms with van der Waals surface area (Å²) in [7, 11) is 0. The molecule has 1 saturated heterocycles. The molecule has 4 rings (SSSR count). The summed E-state index contributed by atoms with van der Waals surface area (Å²) < 4.78 is 0. The number of carbonyl (C=O) groups is 1. The first-order valence-electron chi connectivity index (χ1n) is 9.50. The summed E-state index contributed by atoms with van der Waals surface area (Å²) in [6.07, 6.45) is 1.50. The van der Waals surface area contributed by atoms with Gasteiger partial charge in [0.15, 0.2) is 0 Å². The van der Waals surface area contributed by atoms with E-state index in [4.69, 9.17) is 0 Å². The summed E-state index contributed by atoms with van der Waals surface area (Å²) in [5.41, 5.74) is 1.16. The second-order valence-electron chi connectivity index (χ2n) is 7.41. The second-order valence-corrected chi connectivity index (χ2v) is 7.41. The lowest BCUT2D eigenvalue weighted by molar-refractivity contribution is -0.134. The molecule has 28 heavy (non-hydrogen) atoms. The molecule has 1 aromatic heterocycles. The van der Waals surface area contributed by atoms with E-state index in [9.17, 15) is 14.7 Å². The van der Waals surface area contributed by atoms with Gasteiger partial charge in [-0.15, -0.1) is 0 Å². The van der Waals surface area contributed by atoms with E-state index in [1.165, 1.54) is 11.6 Å². The normalized spacial score (nSPS) is 19.7. The molecule has 3 aromatic rings. The topological polar surface area (TPSA) is 86.3 Å². The van der Waals surface area contributed by atoms with Crippen LogP contribution in [0.25, 0.3) is 10.8 Å². The van der Waals surface area contributed by atoms with Crippen molar-refractivity contribution in [2.45, 2.75) is 31.8 Å². The summed E-state index contributed by atoms with van der Waals surface area (Å²) in [4.78, 5) is 32.9. The van der Waals surface area contributed by atoms with Gasteiger partial charge in [0.1, 0.15) is 5.82 Å². The monoisotopic (exact) mass is 377 g/mol. The smallest absolute Gasteiger partial charge is 0.254 e. The number of hydrogen-bond donors (Lipinski definition) is 2. The minimum absolute atomic E-state index is 0.00176. The molecule has 2 aromatic carbocycles. The number of aromatic amines is 1. The zero-order chi connectivity index (χ0) is 19.7. The van der Waals surface area contributed by atoms with Gasteiger partial charge in [-0.05, 0) is 29.7 Å². The molecular formula is C22H23N3O3. The lowest BCUT2D eigenvalue weighted by atomic mass is 9.86. The van der Waals surface area contributed by atoms with Crippen molar-refractivity contribution in [3.8, 4) is 0 Å². The van der Waals surface area contributed by atoms with Crippen molar-refractivity contribution in [3.63, 3.8) is 0 Å². The second kappa shape index (κ2) is 7.56. The van der Waals surface area contributed by atoms with Crippen LogP contribution in [0.5, 0.6) is 0 Å². The van der Waals surface area contributed by atoms with Crippen molar-refractivity contribution in [2.75, 3.05) is 13.1 Å². The number of aliphatic hydroxyl groups excluding tert-OH is 1. The van der Waals surface area contributed by atoms with Gasteiger partial charge in [0.05, 0.1) is 12.5 Å². The van der Waals surface area contributed by atoms with Crippen molar-refractivity contribution >= 4 is 16.7 Å². The van der Waals surface area contributed by atoms with E-state index >= 15 is 0 Å². The Kier molecular flexibility index (Phi) is 4.96. The van der Waals surface area contributed by atoms with Crippen LogP contribution in [0.15, 0.2) is 53.5 Å². The number of fused-ring (bicyclic) bond motifs is 1. The number of H-pyrrole nitrogens is 1. The van der Waals surface area contributed by atoms with Gasteiger partial charge in [0.25, 0.3) is 5.56 Å². The number of aryl methyl sites for hydroxylation is 1. The Bertz CT molecular complexity index is 1080. The average Bonchev–Trinajstić information content (AvgIpc) is 2.69. The van der Waals surface area contributed by atoms with Gasteiger partial charge < -0.3 is 15.0 Å². The van der Waals surface area contributed by atoms with Crippen LogP contribution in [-0.4, -0.2) is 45.1 Å². The first-order valence-corrected chi connectivity index (χ1v) is 9.50. The molecule has 1 aliphatic heterocycles. The van der Waals surface area contributed by atoms with Crippen LogP contribution in [-0.2, 0) is 11.2 Å². The lowest BCUT2D eigenvalue weighted by Gasteiger charge is -2.36. The highest BCUT2D eigenvalue weighted by Crippen LogP contribution is 2.30. The molecule has 2 heterocycles. The van der Waals surface area contributed by atoms with Gasteiger partial charge in [-0.1, -0.05) is 42.5 Å². The maximum atomic E-state index is 12.6. The van der Waals surface area contributed by atoms with E-state index in [0.29, 0.717) is 24.4 Å². The number of β-amino-alcohol motifs (C(OH)–C–C–N with tert-alkyl or cyclic N) is 1. The number of aliphatic hydroxyl groups is 1. The van der Waals surface area contributed by atoms with Crippen molar-refractivity contribution in [3.05, 3.63) is 76.0 Å². The maximum Gasteiger partial charge on any atom is 0.254 e. The fourth-order valence-corrected chi connectivity index (χ4v) is 3.90. The third kappa shape index (κ3) is 3.68. The molecule has 2 atom stereocenters. The van der Waals surface area contributed by atoms with Crippen LogP contribution < -0.4 is 5.56 Å². The first-order chi connectivity index (χ1) is 13.5. The Hall–Kier alpha value is -2.99. The lowest BCUT2D eigenvalue weighted by Crippen LogP contribution is -2.46. The molecule has 0 aliphatic carbocycles. The number of rotatable bonds is 3. The van der Waals surface area contributed by atoms with E-state index in [1.807, 2.05) is 12.1 Å². The number of benzene rings is 2. The Morgan fingerprint density at radius 1 is 1.25 bits per heavy atom. The van der Waals surface area contributed by atoms with Gasteiger partial charge in [-0.2, -0.15) is 0 Å². The number of nitrogens with one attached hydrogen (secondary N) is 1. The van der Waals surface area contributed by atoms with Crippen molar-refractivity contribution in [1.29, 1.82) is 0 Å².